The van der Waals surface area contributed by atoms with Gasteiger partial charge < -0.3 is 4.52 Å². The Morgan fingerprint density at radius 3 is 2.65 bits per heavy atom. The summed E-state index contributed by atoms with van der Waals surface area (Å²) in [6.45, 7) is 2.36. The van der Waals surface area contributed by atoms with Crippen LogP contribution in [0.1, 0.15) is 18.4 Å². The molecule has 0 saturated heterocycles. The minimum absolute atomic E-state index is 0.244. The van der Waals surface area contributed by atoms with Crippen molar-refractivity contribution in [3.63, 3.8) is 0 Å². The number of halogens is 1. The molecule has 0 atom stereocenters. The second-order valence-corrected chi connectivity index (χ2v) is 6.15. The summed E-state index contributed by atoms with van der Waals surface area (Å²) >= 11 is 6.00. The molecule has 130 valence electrons. The van der Waals surface area contributed by atoms with E-state index in [0.717, 1.165) is 17.5 Å². The molecule has 0 amide bonds. The van der Waals surface area contributed by atoms with Crippen molar-refractivity contribution < 1.29 is 4.52 Å². The molecule has 0 bridgehead atoms. The van der Waals surface area contributed by atoms with Gasteiger partial charge in [-0.3, -0.25) is 0 Å². The predicted molar refractivity (Wildman–Crippen MR) is 96.5 cm³/mol. The lowest BCUT2D eigenvalue weighted by molar-refractivity contribution is 0.356. The highest BCUT2D eigenvalue weighted by molar-refractivity contribution is 6.30. The van der Waals surface area contributed by atoms with Gasteiger partial charge in [-0.05, 0) is 29.3 Å². The van der Waals surface area contributed by atoms with Crippen molar-refractivity contribution in [2.45, 2.75) is 19.9 Å². The third-order valence-electron chi connectivity index (χ3n) is 3.90. The molecule has 0 spiro atoms. The van der Waals surface area contributed by atoms with Gasteiger partial charge in [0.25, 0.3) is 5.89 Å². The van der Waals surface area contributed by atoms with Gasteiger partial charge in [-0.1, -0.05) is 60.1 Å². The molecule has 0 aliphatic carbocycles. The Morgan fingerprint density at radius 2 is 1.88 bits per heavy atom. The van der Waals surface area contributed by atoms with E-state index < -0.39 is 0 Å². The van der Waals surface area contributed by atoms with Crippen molar-refractivity contribution >= 4 is 11.6 Å². The first-order chi connectivity index (χ1) is 12.7. The highest BCUT2D eigenvalue weighted by Gasteiger charge is 2.12. The fraction of sp³-hybridized carbons (Fsp3) is 0.167. The van der Waals surface area contributed by atoms with Gasteiger partial charge in [-0.25, -0.2) is 0 Å². The maximum Gasteiger partial charge on any atom is 0.250 e. The zero-order valence-corrected chi connectivity index (χ0v) is 14.8. The minimum Gasteiger partial charge on any atom is -0.337 e. The fourth-order valence-corrected chi connectivity index (χ4v) is 2.69. The maximum atomic E-state index is 6.00. The smallest absolute Gasteiger partial charge is 0.250 e. The van der Waals surface area contributed by atoms with Crippen LogP contribution in [0.3, 0.4) is 0 Å². The summed E-state index contributed by atoms with van der Waals surface area (Å²) in [5.41, 5.74) is 2.96. The molecule has 0 aliphatic heterocycles. The summed E-state index contributed by atoms with van der Waals surface area (Å²) in [5.74, 6) is 1.44. The zero-order valence-electron chi connectivity index (χ0n) is 14.0. The van der Waals surface area contributed by atoms with Crippen LogP contribution in [0.5, 0.6) is 0 Å². The van der Waals surface area contributed by atoms with Crippen LogP contribution in [-0.4, -0.2) is 30.3 Å². The first-order valence-corrected chi connectivity index (χ1v) is 8.54. The van der Waals surface area contributed by atoms with Gasteiger partial charge in [0.1, 0.15) is 6.54 Å². The number of tetrazole rings is 1. The van der Waals surface area contributed by atoms with E-state index in [1.807, 2.05) is 24.3 Å². The van der Waals surface area contributed by atoms with Crippen molar-refractivity contribution in [2.24, 2.45) is 0 Å². The molecule has 0 radical (unpaired) electrons. The van der Waals surface area contributed by atoms with Gasteiger partial charge in [-0.15, -0.1) is 10.2 Å². The number of aryl methyl sites for hydroxylation is 1. The molecule has 0 aliphatic rings. The Balaban J connectivity index is 1.51. The highest BCUT2D eigenvalue weighted by atomic mass is 35.5. The highest BCUT2D eigenvalue weighted by Crippen LogP contribution is 2.19. The van der Waals surface area contributed by atoms with E-state index in [-0.39, 0.29) is 6.54 Å². The second kappa shape index (κ2) is 7.05. The third-order valence-corrected chi connectivity index (χ3v) is 4.14. The second-order valence-electron chi connectivity index (χ2n) is 5.72. The number of aromatic nitrogens is 6. The van der Waals surface area contributed by atoms with Crippen LogP contribution in [0.4, 0.5) is 0 Å². The van der Waals surface area contributed by atoms with Crippen LogP contribution < -0.4 is 0 Å². The zero-order chi connectivity index (χ0) is 17.9. The molecule has 0 unspecified atom stereocenters. The quantitative estimate of drug-likeness (QED) is 0.536. The molecular formula is C18H15ClN6O. The average molecular weight is 367 g/mol. The van der Waals surface area contributed by atoms with E-state index in [1.165, 1.54) is 10.4 Å². The van der Waals surface area contributed by atoms with E-state index in [0.29, 0.717) is 22.6 Å². The van der Waals surface area contributed by atoms with Gasteiger partial charge in [0, 0.05) is 16.1 Å². The summed E-state index contributed by atoms with van der Waals surface area (Å²) in [6.07, 6.45) is 0.991. The normalized spacial score (nSPS) is 11.0. The topological polar surface area (TPSA) is 82.5 Å². The van der Waals surface area contributed by atoms with Crippen LogP contribution >= 0.6 is 11.6 Å². The van der Waals surface area contributed by atoms with E-state index in [9.17, 15) is 0 Å². The Morgan fingerprint density at radius 1 is 1.04 bits per heavy atom. The van der Waals surface area contributed by atoms with Crippen molar-refractivity contribution in [1.29, 1.82) is 0 Å². The van der Waals surface area contributed by atoms with Gasteiger partial charge in [0.05, 0.1) is 0 Å². The molecule has 26 heavy (non-hydrogen) atoms. The molecule has 4 aromatic rings. The van der Waals surface area contributed by atoms with Gasteiger partial charge in [0.15, 0.2) is 0 Å². The van der Waals surface area contributed by atoms with Crippen LogP contribution in [0, 0.1) is 0 Å². The Labute approximate surface area is 154 Å². The minimum atomic E-state index is 0.244. The first kappa shape index (κ1) is 16.4. The van der Waals surface area contributed by atoms with Crippen LogP contribution in [0.2, 0.25) is 5.02 Å². The van der Waals surface area contributed by atoms with Crippen molar-refractivity contribution in [3.05, 3.63) is 65.0 Å². The van der Waals surface area contributed by atoms with Crippen LogP contribution in [0.25, 0.3) is 22.8 Å². The van der Waals surface area contributed by atoms with Gasteiger partial charge >= 0.3 is 0 Å². The van der Waals surface area contributed by atoms with Crippen molar-refractivity contribution in [2.75, 3.05) is 0 Å². The molecule has 2 aromatic carbocycles. The van der Waals surface area contributed by atoms with E-state index in [2.05, 4.69) is 44.6 Å². The molecule has 2 aromatic heterocycles. The SMILES string of the molecule is CCc1ccc(-c2noc(Cn3nnc(-c4cccc(Cl)c4)n3)n2)cc1. The Hall–Kier alpha value is -3.06. The lowest BCUT2D eigenvalue weighted by Gasteiger charge is -1.97. The Bertz CT molecular complexity index is 1020. The largest absolute Gasteiger partial charge is 0.337 e. The van der Waals surface area contributed by atoms with Gasteiger partial charge in [-0.2, -0.15) is 9.78 Å². The molecular weight excluding hydrogens is 352 g/mol. The molecule has 4 rings (SSSR count). The number of hydrogen-bond acceptors (Lipinski definition) is 6. The first-order valence-electron chi connectivity index (χ1n) is 8.17. The predicted octanol–water partition coefficient (Wildman–Crippen LogP) is 3.65. The Kier molecular flexibility index (Phi) is 4.45. The van der Waals surface area contributed by atoms with E-state index in [4.69, 9.17) is 16.1 Å². The lowest BCUT2D eigenvalue weighted by atomic mass is 10.1. The standard InChI is InChI=1S/C18H15ClN6O/c1-2-12-6-8-13(9-7-12)17-20-16(26-23-17)11-25-22-18(21-24-25)14-4-3-5-15(19)10-14/h3-10H,2,11H2,1H3. The monoisotopic (exact) mass is 366 g/mol. The average Bonchev–Trinajstić information content (AvgIpc) is 3.32. The summed E-state index contributed by atoms with van der Waals surface area (Å²) in [7, 11) is 0. The molecule has 8 heteroatoms. The molecule has 0 saturated carbocycles. The molecule has 0 N–H and O–H groups in total. The summed E-state index contributed by atoms with van der Waals surface area (Å²) in [6, 6.07) is 15.4. The van der Waals surface area contributed by atoms with E-state index >= 15 is 0 Å². The summed E-state index contributed by atoms with van der Waals surface area (Å²) in [5, 5.41) is 17.0. The molecule has 0 fully saturated rings. The van der Waals surface area contributed by atoms with Crippen LogP contribution in [0.15, 0.2) is 53.1 Å². The maximum absolute atomic E-state index is 6.00. The summed E-state index contributed by atoms with van der Waals surface area (Å²) in [4.78, 5) is 5.81. The molecule has 7 nitrogen and oxygen atoms in total. The van der Waals surface area contributed by atoms with E-state index in [1.54, 1.807) is 12.1 Å². The number of nitrogens with zero attached hydrogens (tertiary/aromatic N) is 6. The number of benzene rings is 2. The fourth-order valence-electron chi connectivity index (χ4n) is 2.50. The number of hydrogen-bond donors (Lipinski definition) is 0. The number of rotatable bonds is 5. The summed E-state index contributed by atoms with van der Waals surface area (Å²) < 4.78 is 5.30. The van der Waals surface area contributed by atoms with Crippen LogP contribution in [-0.2, 0) is 13.0 Å². The molecule has 2 heterocycles. The lowest BCUT2D eigenvalue weighted by Crippen LogP contribution is -2.04. The van der Waals surface area contributed by atoms with Crippen molar-refractivity contribution in [1.82, 2.24) is 30.3 Å². The van der Waals surface area contributed by atoms with Gasteiger partial charge in [0.2, 0.25) is 11.6 Å². The van der Waals surface area contributed by atoms with Crippen molar-refractivity contribution in [3.8, 4) is 22.8 Å². The third kappa shape index (κ3) is 3.48.